The molecule has 102 valence electrons. The number of hydrazone groups is 1. The van der Waals surface area contributed by atoms with Gasteiger partial charge in [-0.05, 0) is 43.1 Å². The van der Waals surface area contributed by atoms with E-state index in [2.05, 4.69) is 20.8 Å². The van der Waals surface area contributed by atoms with Crippen molar-refractivity contribution in [3.8, 4) is 0 Å². The number of pyridine rings is 1. The van der Waals surface area contributed by atoms with E-state index in [1.807, 2.05) is 30.3 Å². The fourth-order valence-electron chi connectivity index (χ4n) is 2.33. The largest absolute Gasteiger partial charge is 0.306 e. The smallest absolute Gasteiger partial charge is 0.257 e. The summed E-state index contributed by atoms with van der Waals surface area (Å²) in [6.45, 7) is 0.902. The second kappa shape index (κ2) is 5.79. The van der Waals surface area contributed by atoms with Crippen LogP contribution in [0.15, 0.2) is 41.6 Å². The Hall–Kier alpha value is -2.27. The third-order valence-electron chi connectivity index (χ3n) is 3.39. The summed E-state index contributed by atoms with van der Waals surface area (Å²) in [4.78, 5) is 16.0. The molecule has 1 aliphatic heterocycles. The van der Waals surface area contributed by atoms with Crippen molar-refractivity contribution >= 4 is 23.0 Å². The first kappa shape index (κ1) is 12.7. The average Bonchev–Trinajstić information content (AvgIpc) is 3.01. The molecule has 20 heavy (non-hydrogen) atoms. The normalized spacial score (nSPS) is 18.7. The maximum atomic E-state index is 11.8. The van der Waals surface area contributed by atoms with Crippen molar-refractivity contribution in [2.75, 3.05) is 6.54 Å². The van der Waals surface area contributed by atoms with Gasteiger partial charge in [-0.25, -0.2) is 5.43 Å². The number of carbonyl (C=O) groups is 1. The molecule has 1 fully saturated rings. The number of hydrogen-bond donors (Lipinski definition) is 2. The van der Waals surface area contributed by atoms with E-state index in [1.54, 1.807) is 12.4 Å². The Morgan fingerprint density at radius 3 is 3.25 bits per heavy atom. The Balaban J connectivity index is 1.66. The number of benzene rings is 1. The Labute approximate surface area is 117 Å². The number of amides is 1. The summed E-state index contributed by atoms with van der Waals surface area (Å²) in [6, 6.07) is 9.66. The van der Waals surface area contributed by atoms with E-state index in [0.717, 1.165) is 35.9 Å². The standard InChI is InChI=1S/C15H16N4O/c20-15(14-4-2-8-17-14)19-18-10-11-5-6-13-12(9-11)3-1-7-16-13/h1,3,5-7,9-10,14,17H,2,4,8H2,(H,19,20)/b18-10-/t14-/m0/s1. The van der Waals surface area contributed by atoms with Crippen LogP contribution in [0.2, 0.25) is 0 Å². The molecule has 3 rings (SSSR count). The van der Waals surface area contributed by atoms with Gasteiger partial charge in [0.25, 0.3) is 5.91 Å². The second-order valence-corrected chi connectivity index (χ2v) is 4.84. The maximum absolute atomic E-state index is 11.8. The molecule has 0 saturated carbocycles. The summed E-state index contributed by atoms with van der Waals surface area (Å²) in [7, 11) is 0. The van der Waals surface area contributed by atoms with Crippen molar-refractivity contribution in [3.05, 3.63) is 42.1 Å². The summed E-state index contributed by atoms with van der Waals surface area (Å²) in [5.74, 6) is -0.0683. The van der Waals surface area contributed by atoms with Gasteiger partial charge in [0.05, 0.1) is 17.8 Å². The highest BCUT2D eigenvalue weighted by atomic mass is 16.2. The fourth-order valence-corrected chi connectivity index (χ4v) is 2.33. The van der Waals surface area contributed by atoms with Gasteiger partial charge in [0.1, 0.15) is 0 Å². The van der Waals surface area contributed by atoms with Crippen molar-refractivity contribution in [1.29, 1.82) is 0 Å². The first-order chi connectivity index (χ1) is 9.83. The molecule has 2 N–H and O–H groups in total. The molecular weight excluding hydrogens is 252 g/mol. The minimum absolute atomic E-state index is 0.0683. The monoisotopic (exact) mass is 268 g/mol. The number of aromatic nitrogens is 1. The summed E-state index contributed by atoms with van der Waals surface area (Å²) < 4.78 is 0. The van der Waals surface area contributed by atoms with E-state index < -0.39 is 0 Å². The van der Waals surface area contributed by atoms with Crippen LogP contribution in [0.5, 0.6) is 0 Å². The van der Waals surface area contributed by atoms with Crippen LogP contribution in [0, 0.1) is 0 Å². The number of rotatable bonds is 3. The lowest BCUT2D eigenvalue weighted by molar-refractivity contribution is -0.122. The zero-order valence-electron chi connectivity index (χ0n) is 11.0. The summed E-state index contributed by atoms with van der Waals surface area (Å²) in [6.07, 6.45) is 5.34. The number of nitrogens with zero attached hydrogens (tertiary/aromatic N) is 2. The molecule has 1 atom stereocenters. The van der Waals surface area contributed by atoms with Gasteiger partial charge in [0, 0.05) is 11.6 Å². The van der Waals surface area contributed by atoms with E-state index in [1.165, 1.54) is 0 Å². The molecule has 5 nitrogen and oxygen atoms in total. The van der Waals surface area contributed by atoms with Crippen molar-refractivity contribution in [3.63, 3.8) is 0 Å². The van der Waals surface area contributed by atoms with Crippen molar-refractivity contribution in [2.24, 2.45) is 5.10 Å². The zero-order valence-corrected chi connectivity index (χ0v) is 11.0. The predicted octanol–water partition coefficient (Wildman–Crippen LogP) is 1.44. The molecule has 1 aromatic heterocycles. The number of nitrogens with one attached hydrogen (secondary N) is 2. The van der Waals surface area contributed by atoms with Gasteiger partial charge in [-0.2, -0.15) is 5.10 Å². The molecule has 0 radical (unpaired) electrons. The first-order valence-electron chi connectivity index (χ1n) is 6.74. The molecule has 2 aromatic rings. The first-order valence-corrected chi connectivity index (χ1v) is 6.74. The van der Waals surface area contributed by atoms with Crippen LogP contribution >= 0.6 is 0 Å². The van der Waals surface area contributed by atoms with Crippen molar-refractivity contribution in [2.45, 2.75) is 18.9 Å². The lowest BCUT2D eigenvalue weighted by atomic mass is 10.1. The minimum Gasteiger partial charge on any atom is -0.306 e. The molecule has 1 aliphatic rings. The van der Waals surface area contributed by atoms with Crippen molar-refractivity contribution < 1.29 is 4.79 Å². The molecule has 2 heterocycles. The van der Waals surface area contributed by atoms with Crippen LogP contribution in [0.1, 0.15) is 18.4 Å². The number of fused-ring (bicyclic) bond motifs is 1. The molecule has 0 unspecified atom stereocenters. The average molecular weight is 268 g/mol. The van der Waals surface area contributed by atoms with E-state index in [9.17, 15) is 4.79 Å². The van der Waals surface area contributed by atoms with E-state index in [4.69, 9.17) is 0 Å². The van der Waals surface area contributed by atoms with E-state index >= 15 is 0 Å². The Morgan fingerprint density at radius 2 is 2.40 bits per heavy atom. The Morgan fingerprint density at radius 1 is 1.45 bits per heavy atom. The molecule has 0 aliphatic carbocycles. The SMILES string of the molecule is O=C(N/N=C\c1ccc2ncccc2c1)[C@@H]1CCCN1. The second-order valence-electron chi connectivity index (χ2n) is 4.84. The number of carbonyl (C=O) groups excluding carboxylic acids is 1. The topological polar surface area (TPSA) is 66.4 Å². The van der Waals surface area contributed by atoms with Gasteiger partial charge < -0.3 is 5.32 Å². The lowest BCUT2D eigenvalue weighted by Gasteiger charge is -2.06. The van der Waals surface area contributed by atoms with Crippen LogP contribution in [0.3, 0.4) is 0 Å². The molecular formula is C15H16N4O. The number of hydrogen-bond acceptors (Lipinski definition) is 4. The van der Waals surface area contributed by atoms with Crippen LogP contribution in [0.25, 0.3) is 10.9 Å². The van der Waals surface area contributed by atoms with Crippen LogP contribution < -0.4 is 10.7 Å². The Kier molecular flexibility index (Phi) is 3.69. The quantitative estimate of drug-likeness (QED) is 0.654. The van der Waals surface area contributed by atoms with E-state index in [-0.39, 0.29) is 11.9 Å². The zero-order chi connectivity index (χ0) is 13.8. The highest BCUT2D eigenvalue weighted by Gasteiger charge is 2.21. The van der Waals surface area contributed by atoms with Gasteiger partial charge in [0.2, 0.25) is 0 Å². The summed E-state index contributed by atoms with van der Waals surface area (Å²) >= 11 is 0. The fraction of sp³-hybridized carbons (Fsp3) is 0.267. The lowest BCUT2D eigenvalue weighted by Crippen LogP contribution is -2.38. The van der Waals surface area contributed by atoms with Gasteiger partial charge in [-0.15, -0.1) is 0 Å². The maximum Gasteiger partial charge on any atom is 0.257 e. The third-order valence-corrected chi connectivity index (χ3v) is 3.39. The van der Waals surface area contributed by atoms with Crippen LogP contribution in [0.4, 0.5) is 0 Å². The molecule has 1 amide bonds. The van der Waals surface area contributed by atoms with Crippen LogP contribution in [-0.4, -0.2) is 29.7 Å². The van der Waals surface area contributed by atoms with Crippen molar-refractivity contribution in [1.82, 2.24) is 15.7 Å². The highest BCUT2D eigenvalue weighted by molar-refractivity contribution is 5.89. The van der Waals surface area contributed by atoms with E-state index in [0.29, 0.717) is 0 Å². The Bertz CT molecular complexity index is 647. The molecule has 1 aromatic carbocycles. The summed E-state index contributed by atoms with van der Waals surface area (Å²) in [5.41, 5.74) is 4.46. The molecule has 0 spiro atoms. The summed E-state index contributed by atoms with van der Waals surface area (Å²) in [5, 5.41) is 8.20. The minimum atomic E-state index is -0.104. The van der Waals surface area contributed by atoms with Gasteiger partial charge >= 0.3 is 0 Å². The molecule has 1 saturated heterocycles. The third kappa shape index (κ3) is 2.83. The van der Waals surface area contributed by atoms with Gasteiger partial charge in [-0.1, -0.05) is 12.1 Å². The van der Waals surface area contributed by atoms with Gasteiger partial charge in [0.15, 0.2) is 0 Å². The van der Waals surface area contributed by atoms with Crippen LogP contribution in [-0.2, 0) is 4.79 Å². The molecule has 5 heteroatoms. The predicted molar refractivity (Wildman–Crippen MR) is 78.5 cm³/mol. The highest BCUT2D eigenvalue weighted by Crippen LogP contribution is 2.11. The van der Waals surface area contributed by atoms with Gasteiger partial charge in [-0.3, -0.25) is 9.78 Å². The molecule has 0 bridgehead atoms.